The van der Waals surface area contributed by atoms with Crippen LogP contribution in [-0.2, 0) is 9.59 Å². The van der Waals surface area contributed by atoms with Gasteiger partial charge in [-0.3, -0.25) is 4.79 Å². The fourth-order valence-corrected chi connectivity index (χ4v) is 4.33. The summed E-state index contributed by atoms with van der Waals surface area (Å²) in [4.78, 5) is 33.8. The Morgan fingerprint density at radius 2 is 2.22 bits per heavy atom. The Balaban J connectivity index is 1.69. The summed E-state index contributed by atoms with van der Waals surface area (Å²) in [5.41, 5.74) is 0.700. The topological polar surface area (TPSA) is 95.4 Å². The molecule has 2 atom stereocenters. The van der Waals surface area contributed by atoms with Crippen LogP contribution in [0.3, 0.4) is 0 Å². The van der Waals surface area contributed by atoms with Gasteiger partial charge >= 0.3 is 5.97 Å². The minimum atomic E-state index is -0.989. The van der Waals surface area contributed by atoms with Crippen LogP contribution in [0.15, 0.2) is 35.0 Å². The molecule has 1 saturated heterocycles. The zero-order chi connectivity index (χ0) is 16.4. The molecule has 122 valence electrons. The van der Waals surface area contributed by atoms with Crippen molar-refractivity contribution in [2.24, 2.45) is 0 Å². The van der Waals surface area contributed by atoms with Gasteiger partial charge in [-0.15, -0.1) is 11.8 Å². The highest BCUT2D eigenvalue weighted by molar-refractivity contribution is 8.00. The molecule has 1 unspecified atom stereocenters. The lowest BCUT2D eigenvalue weighted by Gasteiger charge is -2.46. The van der Waals surface area contributed by atoms with Crippen LogP contribution in [0.2, 0.25) is 0 Å². The van der Waals surface area contributed by atoms with E-state index in [0.717, 1.165) is 13.0 Å². The predicted octanol–water partition coefficient (Wildman–Crippen LogP) is 1.15. The SMILES string of the molecule is CC(Sc1ncccn1)C(=O)NC1=C(C(=O)O)N2CC[C@@H]2SC1. The second-order valence-electron chi connectivity index (χ2n) is 5.16. The largest absolute Gasteiger partial charge is 0.477 e. The Hall–Kier alpha value is -1.74. The van der Waals surface area contributed by atoms with E-state index in [0.29, 0.717) is 16.6 Å². The van der Waals surface area contributed by atoms with E-state index in [1.165, 1.54) is 11.8 Å². The van der Waals surface area contributed by atoms with Gasteiger partial charge in [0, 0.05) is 24.7 Å². The lowest BCUT2D eigenvalue weighted by Crippen LogP contribution is -2.51. The third-order valence-corrected chi connectivity index (χ3v) is 5.95. The molecule has 7 nitrogen and oxygen atoms in total. The Morgan fingerprint density at radius 1 is 1.48 bits per heavy atom. The van der Waals surface area contributed by atoms with Crippen LogP contribution in [0, 0.1) is 0 Å². The third-order valence-electron chi connectivity index (χ3n) is 3.63. The number of rotatable bonds is 5. The highest BCUT2D eigenvalue weighted by Gasteiger charge is 2.39. The Morgan fingerprint density at radius 3 is 2.83 bits per heavy atom. The van der Waals surface area contributed by atoms with Gasteiger partial charge in [0.1, 0.15) is 5.70 Å². The summed E-state index contributed by atoms with van der Waals surface area (Å²) in [5.74, 6) is -0.721. The number of nitrogens with one attached hydrogen (secondary N) is 1. The molecule has 0 radical (unpaired) electrons. The fourth-order valence-electron chi connectivity index (χ4n) is 2.37. The molecule has 9 heteroatoms. The van der Waals surface area contributed by atoms with Crippen LogP contribution in [0.1, 0.15) is 13.3 Å². The van der Waals surface area contributed by atoms with Gasteiger partial charge in [-0.05, 0) is 19.4 Å². The zero-order valence-corrected chi connectivity index (χ0v) is 14.1. The summed E-state index contributed by atoms with van der Waals surface area (Å²) in [6.07, 6.45) is 4.22. The number of carboxylic acids is 1. The van der Waals surface area contributed by atoms with E-state index in [1.807, 2.05) is 4.90 Å². The Labute approximate surface area is 141 Å². The minimum Gasteiger partial charge on any atom is -0.477 e. The molecular formula is C14H16N4O3S2. The molecule has 1 aromatic rings. The molecule has 1 aromatic heterocycles. The van der Waals surface area contributed by atoms with E-state index in [9.17, 15) is 14.7 Å². The molecule has 0 spiro atoms. The number of aliphatic carboxylic acids is 1. The van der Waals surface area contributed by atoms with Crippen molar-refractivity contribution in [1.82, 2.24) is 20.2 Å². The Kier molecular flexibility index (Phi) is 4.76. The standard InChI is InChI=1S/C14H16N4O3S2/c1-8(23-14-15-4-2-5-16-14)12(19)17-9-7-22-10-3-6-18(10)11(9)13(20)21/h2,4-5,8,10H,3,6-7H2,1H3,(H,17,19)(H,20,21)/t8?,10-/m0/s1. The number of carboxylic acid groups (broad SMARTS) is 1. The molecule has 2 N–H and O–H groups in total. The summed E-state index contributed by atoms with van der Waals surface area (Å²) in [6.45, 7) is 2.47. The van der Waals surface area contributed by atoms with Crippen molar-refractivity contribution in [2.75, 3.05) is 12.3 Å². The number of thioether (sulfide) groups is 2. The number of aromatic nitrogens is 2. The average molecular weight is 352 g/mol. The van der Waals surface area contributed by atoms with E-state index in [-0.39, 0.29) is 17.0 Å². The molecule has 23 heavy (non-hydrogen) atoms. The summed E-state index contributed by atoms with van der Waals surface area (Å²) < 4.78 is 0. The normalized spacial score (nSPS) is 21.3. The van der Waals surface area contributed by atoms with Crippen molar-refractivity contribution in [3.8, 4) is 0 Å². The fraction of sp³-hybridized carbons (Fsp3) is 0.429. The van der Waals surface area contributed by atoms with Gasteiger partial charge in [0.2, 0.25) is 5.91 Å². The van der Waals surface area contributed by atoms with Crippen molar-refractivity contribution in [2.45, 2.75) is 29.1 Å². The molecule has 2 aliphatic rings. The molecule has 0 saturated carbocycles. The zero-order valence-electron chi connectivity index (χ0n) is 12.4. The van der Waals surface area contributed by atoms with Crippen molar-refractivity contribution in [3.63, 3.8) is 0 Å². The number of carbonyl (C=O) groups is 2. The van der Waals surface area contributed by atoms with Crippen LogP contribution >= 0.6 is 23.5 Å². The third kappa shape index (κ3) is 3.45. The Bertz CT molecular complexity index is 653. The van der Waals surface area contributed by atoms with Crippen LogP contribution in [-0.4, -0.2) is 54.8 Å². The van der Waals surface area contributed by atoms with Crippen LogP contribution in [0.25, 0.3) is 0 Å². The quantitative estimate of drug-likeness (QED) is 0.602. The molecular weight excluding hydrogens is 336 g/mol. The first-order valence-corrected chi connectivity index (χ1v) is 9.08. The number of carbonyl (C=O) groups excluding carboxylic acids is 1. The summed E-state index contributed by atoms with van der Waals surface area (Å²) in [7, 11) is 0. The van der Waals surface area contributed by atoms with E-state index < -0.39 is 11.2 Å². The van der Waals surface area contributed by atoms with Crippen LogP contribution in [0.5, 0.6) is 0 Å². The average Bonchev–Trinajstić information content (AvgIpc) is 2.50. The molecule has 0 aromatic carbocycles. The number of hydrogen-bond donors (Lipinski definition) is 2. The summed E-state index contributed by atoms with van der Waals surface area (Å²) in [5, 5.41) is 12.5. The second kappa shape index (κ2) is 6.79. The van der Waals surface area contributed by atoms with Gasteiger partial charge in [0.25, 0.3) is 0 Å². The molecule has 2 aliphatic heterocycles. The van der Waals surface area contributed by atoms with Crippen LogP contribution in [0.4, 0.5) is 0 Å². The van der Waals surface area contributed by atoms with E-state index in [4.69, 9.17) is 0 Å². The highest BCUT2D eigenvalue weighted by atomic mass is 32.2. The second-order valence-corrected chi connectivity index (χ2v) is 7.63. The predicted molar refractivity (Wildman–Crippen MR) is 87.7 cm³/mol. The van der Waals surface area contributed by atoms with E-state index >= 15 is 0 Å². The maximum Gasteiger partial charge on any atom is 0.354 e. The number of fused-ring (bicyclic) bond motifs is 1. The van der Waals surface area contributed by atoms with Crippen molar-refractivity contribution in [3.05, 3.63) is 29.9 Å². The first kappa shape index (κ1) is 16.1. The van der Waals surface area contributed by atoms with Crippen molar-refractivity contribution < 1.29 is 14.7 Å². The van der Waals surface area contributed by atoms with E-state index in [2.05, 4.69) is 15.3 Å². The monoisotopic (exact) mass is 352 g/mol. The van der Waals surface area contributed by atoms with Gasteiger partial charge in [0.15, 0.2) is 5.16 Å². The molecule has 3 rings (SSSR count). The maximum absolute atomic E-state index is 12.3. The van der Waals surface area contributed by atoms with Gasteiger partial charge < -0.3 is 15.3 Å². The van der Waals surface area contributed by atoms with Gasteiger partial charge in [-0.1, -0.05) is 11.8 Å². The van der Waals surface area contributed by atoms with Gasteiger partial charge in [0.05, 0.1) is 16.3 Å². The lowest BCUT2D eigenvalue weighted by atomic mass is 10.1. The molecule has 0 aliphatic carbocycles. The van der Waals surface area contributed by atoms with Gasteiger partial charge in [-0.25, -0.2) is 14.8 Å². The number of amides is 1. The summed E-state index contributed by atoms with van der Waals surface area (Å²) >= 11 is 2.90. The smallest absolute Gasteiger partial charge is 0.354 e. The first-order chi connectivity index (χ1) is 11.1. The minimum absolute atomic E-state index is 0.224. The molecule has 1 fully saturated rings. The lowest BCUT2D eigenvalue weighted by molar-refractivity contribution is -0.135. The molecule has 0 bridgehead atoms. The highest BCUT2D eigenvalue weighted by Crippen LogP contribution is 2.38. The first-order valence-electron chi connectivity index (χ1n) is 7.15. The van der Waals surface area contributed by atoms with Gasteiger partial charge in [-0.2, -0.15) is 0 Å². The van der Waals surface area contributed by atoms with Crippen molar-refractivity contribution in [1.29, 1.82) is 0 Å². The number of nitrogens with zero attached hydrogens (tertiary/aromatic N) is 3. The van der Waals surface area contributed by atoms with Crippen LogP contribution < -0.4 is 5.32 Å². The number of hydrogen-bond acceptors (Lipinski definition) is 7. The molecule has 3 heterocycles. The van der Waals surface area contributed by atoms with Crippen molar-refractivity contribution >= 4 is 35.4 Å². The summed E-state index contributed by atoms with van der Waals surface area (Å²) in [6, 6.07) is 1.71. The molecule has 1 amide bonds. The maximum atomic E-state index is 12.3. The van der Waals surface area contributed by atoms with E-state index in [1.54, 1.807) is 37.1 Å².